The monoisotopic (exact) mass is 604 g/mol. The second kappa shape index (κ2) is 45.3. The Morgan fingerprint density at radius 3 is 0.952 bits per heavy atom. The van der Waals surface area contributed by atoms with Crippen molar-refractivity contribution in [3.05, 3.63) is 48.6 Å². The number of carboxylic acids is 2. The molecular formula is C36H62Na2O4. The second-order valence-electron chi connectivity index (χ2n) is 10.7. The van der Waals surface area contributed by atoms with Gasteiger partial charge in [-0.2, -0.15) is 0 Å². The molecule has 0 radical (unpaired) electrons. The van der Waals surface area contributed by atoms with E-state index >= 15 is 0 Å². The topological polar surface area (TPSA) is 80.3 Å². The summed E-state index contributed by atoms with van der Waals surface area (Å²) >= 11 is 0. The molecular weight excluding hydrogens is 542 g/mol. The third kappa shape index (κ3) is 52.5. The molecule has 4 nitrogen and oxygen atoms in total. The van der Waals surface area contributed by atoms with Crippen LogP contribution < -0.4 is 69.3 Å². The van der Waals surface area contributed by atoms with Gasteiger partial charge in [0.25, 0.3) is 0 Å². The Labute approximate surface area is 304 Å². The van der Waals surface area contributed by atoms with Gasteiger partial charge in [0.1, 0.15) is 0 Å². The number of carbonyl (C=O) groups excluding carboxylic acids is 2. The van der Waals surface area contributed by atoms with E-state index < -0.39 is 11.9 Å². The Kier molecular flexibility index (Phi) is 52.7. The van der Waals surface area contributed by atoms with Gasteiger partial charge in [-0.1, -0.05) is 127 Å². The maximum Gasteiger partial charge on any atom is 1.00 e. The van der Waals surface area contributed by atoms with Crippen molar-refractivity contribution >= 4 is 11.9 Å². The fourth-order valence-electron chi connectivity index (χ4n) is 4.16. The molecule has 0 aromatic carbocycles. The van der Waals surface area contributed by atoms with Crippen LogP contribution in [0.2, 0.25) is 0 Å². The zero-order chi connectivity index (χ0) is 29.8. The van der Waals surface area contributed by atoms with Crippen LogP contribution in [-0.2, 0) is 9.59 Å². The van der Waals surface area contributed by atoms with Crippen molar-refractivity contribution < 1.29 is 78.9 Å². The summed E-state index contributed by atoms with van der Waals surface area (Å²) in [7, 11) is 0. The fraction of sp³-hybridized carbons (Fsp3) is 0.722. The summed E-state index contributed by atoms with van der Waals surface area (Å²) in [5.74, 6) is -1.84. The van der Waals surface area contributed by atoms with E-state index in [0.717, 1.165) is 64.2 Å². The van der Waals surface area contributed by atoms with E-state index in [2.05, 4.69) is 62.5 Å². The molecule has 0 fully saturated rings. The van der Waals surface area contributed by atoms with E-state index in [4.69, 9.17) is 0 Å². The van der Waals surface area contributed by atoms with Crippen LogP contribution in [0.5, 0.6) is 0 Å². The molecule has 232 valence electrons. The third-order valence-electron chi connectivity index (χ3n) is 6.66. The Balaban J connectivity index is -0.000000328. The summed E-state index contributed by atoms with van der Waals surface area (Å²) in [5, 5.41) is 20.4. The largest absolute Gasteiger partial charge is 1.00 e. The number of carbonyl (C=O) groups is 2. The molecule has 0 unspecified atom stereocenters. The molecule has 0 rings (SSSR count). The van der Waals surface area contributed by atoms with E-state index in [1.54, 1.807) is 0 Å². The summed E-state index contributed by atoms with van der Waals surface area (Å²) in [4.78, 5) is 20.4. The average molecular weight is 605 g/mol. The van der Waals surface area contributed by atoms with Gasteiger partial charge < -0.3 is 19.8 Å². The summed E-state index contributed by atoms with van der Waals surface area (Å²) in [5.41, 5.74) is 0. The van der Waals surface area contributed by atoms with E-state index in [-0.39, 0.29) is 72.0 Å². The van der Waals surface area contributed by atoms with Crippen LogP contribution in [-0.4, -0.2) is 11.9 Å². The first-order valence-corrected chi connectivity index (χ1v) is 16.5. The molecule has 0 N–H and O–H groups in total. The first-order valence-electron chi connectivity index (χ1n) is 16.5. The number of rotatable bonds is 28. The van der Waals surface area contributed by atoms with Crippen molar-refractivity contribution in [3.8, 4) is 0 Å². The Morgan fingerprint density at radius 2 is 0.667 bits per heavy atom. The molecule has 42 heavy (non-hydrogen) atoms. The average Bonchev–Trinajstić information content (AvgIpc) is 2.93. The maximum absolute atomic E-state index is 10.2. The van der Waals surface area contributed by atoms with Gasteiger partial charge in [-0.05, 0) is 89.9 Å². The molecule has 0 aromatic rings. The minimum atomic E-state index is -0.921. The van der Waals surface area contributed by atoms with Crippen LogP contribution in [0.15, 0.2) is 48.6 Å². The van der Waals surface area contributed by atoms with Gasteiger partial charge in [-0.25, -0.2) is 0 Å². The zero-order valence-electron chi connectivity index (χ0n) is 28.2. The van der Waals surface area contributed by atoms with Gasteiger partial charge in [0, 0.05) is 11.9 Å². The Hall–Kier alpha value is -0.1000. The first kappa shape index (κ1) is 48.8. The minimum Gasteiger partial charge on any atom is -0.550 e. The normalized spacial score (nSPS) is 11.1. The number of carboxylic acid groups (broad SMARTS) is 2. The molecule has 0 heterocycles. The van der Waals surface area contributed by atoms with Crippen molar-refractivity contribution in [2.75, 3.05) is 0 Å². The number of hydrogen-bond acceptors (Lipinski definition) is 4. The van der Waals surface area contributed by atoms with Crippen molar-refractivity contribution in [1.29, 1.82) is 0 Å². The Bertz CT molecular complexity index is 601. The fourth-order valence-corrected chi connectivity index (χ4v) is 4.16. The van der Waals surface area contributed by atoms with Gasteiger partial charge in [0.05, 0.1) is 0 Å². The quantitative estimate of drug-likeness (QED) is 0.0781. The summed E-state index contributed by atoms with van der Waals surface area (Å²) in [6, 6.07) is 0. The summed E-state index contributed by atoms with van der Waals surface area (Å²) < 4.78 is 0. The molecule has 0 spiro atoms. The zero-order valence-corrected chi connectivity index (χ0v) is 32.2. The van der Waals surface area contributed by atoms with Crippen molar-refractivity contribution in [1.82, 2.24) is 0 Å². The molecule has 0 aromatic heterocycles. The van der Waals surface area contributed by atoms with Crippen LogP contribution >= 0.6 is 0 Å². The molecule has 0 amide bonds. The standard InChI is InChI=1S/2C18H32O2.2Na/c2*1-2-3-4-5-6-7-8-9-10-11-12-13-14-15-16-17-18(19)20;;/h2*6-7,9-10H,2-5,8,11-17H2,1H3,(H,19,20);;/q;;2*+1/p-2/b2*7-6+,10-9+;;. The van der Waals surface area contributed by atoms with Crippen molar-refractivity contribution in [3.63, 3.8) is 0 Å². The third-order valence-corrected chi connectivity index (χ3v) is 6.66. The van der Waals surface area contributed by atoms with Gasteiger partial charge >= 0.3 is 59.1 Å². The second-order valence-corrected chi connectivity index (χ2v) is 10.7. The Morgan fingerprint density at radius 1 is 0.405 bits per heavy atom. The van der Waals surface area contributed by atoms with E-state index in [1.807, 2.05) is 0 Å². The summed E-state index contributed by atoms with van der Waals surface area (Å²) in [6.07, 6.45) is 43.9. The minimum absolute atomic E-state index is 0. The number of hydrogen-bond donors (Lipinski definition) is 0. The summed E-state index contributed by atoms with van der Waals surface area (Å²) in [6.45, 7) is 4.46. The number of unbranched alkanes of at least 4 members (excludes halogenated alkanes) is 16. The number of aliphatic carboxylic acids is 2. The van der Waals surface area contributed by atoms with Crippen LogP contribution in [0.4, 0.5) is 0 Å². The van der Waals surface area contributed by atoms with Crippen LogP contribution in [0, 0.1) is 0 Å². The van der Waals surface area contributed by atoms with Gasteiger partial charge in [-0.15, -0.1) is 0 Å². The van der Waals surface area contributed by atoms with Crippen molar-refractivity contribution in [2.24, 2.45) is 0 Å². The molecule has 0 atom stereocenters. The molecule has 0 bridgehead atoms. The van der Waals surface area contributed by atoms with E-state index in [0.29, 0.717) is 0 Å². The maximum atomic E-state index is 10.2. The molecule has 0 saturated heterocycles. The number of allylic oxidation sites excluding steroid dienone is 8. The van der Waals surface area contributed by atoms with Gasteiger partial charge in [0.15, 0.2) is 0 Å². The van der Waals surface area contributed by atoms with E-state index in [1.165, 1.54) is 77.0 Å². The molecule has 0 aliphatic heterocycles. The van der Waals surface area contributed by atoms with E-state index in [9.17, 15) is 19.8 Å². The van der Waals surface area contributed by atoms with Gasteiger partial charge in [0.2, 0.25) is 0 Å². The predicted molar refractivity (Wildman–Crippen MR) is 169 cm³/mol. The van der Waals surface area contributed by atoms with Crippen LogP contribution in [0.3, 0.4) is 0 Å². The van der Waals surface area contributed by atoms with Crippen molar-refractivity contribution in [2.45, 2.75) is 168 Å². The van der Waals surface area contributed by atoms with Crippen LogP contribution in [0.25, 0.3) is 0 Å². The SMILES string of the molecule is CCCCC/C=C/C/C=C/CCCCCCCC(=O)[O-].CCCCC/C=C/C/C=C/CCCCCCCC(=O)[O-].[Na+].[Na+]. The smallest absolute Gasteiger partial charge is 0.550 e. The molecule has 0 saturated carbocycles. The first-order chi connectivity index (χ1) is 19.5. The van der Waals surface area contributed by atoms with Gasteiger partial charge in [-0.3, -0.25) is 0 Å². The molecule has 6 heteroatoms. The molecule has 0 aliphatic rings. The molecule has 0 aliphatic carbocycles. The van der Waals surface area contributed by atoms with Crippen LogP contribution in [0.1, 0.15) is 168 Å². The predicted octanol–water partition coefficient (Wildman–Crippen LogP) is 3.11.